The predicted molar refractivity (Wildman–Crippen MR) is 100 cm³/mol. The maximum atomic E-state index is 4.53. The first-order chi connectivity index (χ1) is 8.76. The summed E-state index contributed by atoms with van der Waals surface area (Å²) in [5.74, 6) is 0.932. The van der Waals surface area contributed by atoms with E-state index in [1.165, 1.54) is 15.1 Å². The predicted octanol–water partition coefficient (Wildman–Crippen LogP) is 4.03. The highest BCUT2D eigenvalue weighted by Crippen LogP contribution is 2.21. The van der Waals surface area contributed by atoms with Gasteiger partial charge in [-0.25, -0.2) is 0 Å². The minimum atomic E-state index is 0. The summed E-state index contributed by atoms with van der Waals surface area (Å²) in [6, 6.07) is 4.26. The second kappa shape index (κ2) is 12.0. The Morgan fingerprint density at radius 1 is 1.32 bits per heavy atom. The second-order valence-corrected chi connectivity index (χ2v) is 6.54. The molecule has 0 aliphatic heterocycles. The van der Waals surface area contributed by atoms with E-state index < -0.39 is 0 Å². The summed E-state index contributed by atoms with van der Waals surface area (Å²) in [6.45, 7) is 7.00. The number of guanidine groups is 1. The number of unbranched alkanes of at least 4 members (excludes halogenated alkanes) is 1. The molecule has 2 N–H and O–H groups in total. The van der Waals surface area contributed by atoms with Crippen LogP contribution in [0.25, 0.3) is 0 Å². The van der Waals surface area contributed by atoms with E-state index in [0.717, 1.165) is 38.4 Å². The SMILES string of the molecule is CCCCN=C(NCC)NCCc1ccc(Br)s1.I. The molecule has 0 aromatic carbocycles. The molecule has 1 heterocycles. The number of thiophene rings is 1. The molecule has 1 aromatic heterocycles. The van der Waals surface area contributed by atoms with E-state index in [2.05, 4.69) is 57.5 Å². The van der Waals surface area contributed by atoms with Crippen molar-refractivity contribution in [3.05, 3.63) is 20.8 Å². The molecule has 0 fully saturated rings. The third-order valence-electron chi connectivity index (χ3n) is 2.42. The van der Waals surface area contributed by atoms with E-state index in [-0.39, 0.29) is 24.0 Å². The molecule has 110 valence electrons. The zero-order valence-electron chi connectivity index (χ0n) is 11.5. The van der Waals surface area contributed by atoms with Crippen LogP contribution in [0.3, 0.4) is 0 Å². The molecule has 1 rings (SSSR count). The lowest BCUT2D eigenvalue weighted by Crippen LogP contribution is -2.38. The first-order valence-electron chi connectivity index (χ1n) is 6.52. The highest BCUT2D eigenvalue weighted by molar-refractivity contribution is 14.0. The van der Waals surface area contributed by atoms with Crippen LogP contribution in [0, 0.1) is 0 Å². The Labute approximate surface area is 145 Å². The number of aliphatic imine (C=N–C) groups is 1. The summed E-state index contributed by atoms with van der Waals surface area (Å²) in [5, 5.41) is 6.63. The molecule has 0 unspecified atom stereocenters. The van der Waals surface area contributed by atoms with Gasteiger partial charge in [0, 0.05) is 24.5 Å². The van der Waals surface area contributed by atoms with Gasteiger partial charge in [-0.15, -0.1) is 35.3 Å². The second-order valence-electron chi connectivity index (χ2n) is 4.00. The van der Waals surface area contributed by atoms with Crippen molar-refractivity contribution in [2.24, 2.45) is 4.99 Å². The Kier molecular flexibility index (Phi) is 12.1. The first kappa shape index (κ1) is 19.2. The van der Waals surface area contributed by atoms with Crippen LogP contribution in [0.2, 0.25) is 0 Å². The van der Waals surface area contributed by atoms with Gasteiger partial charge in [-0.1, -0.05) is 13.3 Å². The molecule has 0 atom stereocenters. The van der Waals surface area contributed by atoms with E-state index in [0.29, 0.717) is 0 Å². The molecule has 0 aliphatic rings. The van der Waals surface area contributed by atoms with Crippen LogP contribution >= 0.6 is 51.2 Å². The molecule has 0 aliphatic carbocycles. The summed E-state index contributed by atoms with van der Waals surface area (Å²) in [5.41, 5.74) is 0. The van der Waals surface area contributed by atoms with Gasteiger partial charge in [-0.3, -0.25) is 4.99 Å². The van der Waals surface area contributed by atoms with Crippen molar-refractivity contribution in [3.63, 3.8) is 0 Å². The third kappa shape index (κ3) is 8.86. The summed E-state index contributed by atoms with van der Waals surface area (Å²) < 4.78 is 1.20. The van der Waals surface area contributed by atoms with Crippen LogP contribution < -0.4 is 10.6 Å². The number of halogens is 2. The lowest BCUT2D eigenvalue weighted by Gasteiger charge is -2.10. The lowest BCUT2D eigenvalue weighted by atomic mass is 10.3. The Balaban J connectivity index is 0.00000324. The average molecular weight is 460 g/mol. The summed E-state index contributed by atoms with van der Waals surface area (Å²) >= 11 is 5.27. The fourth-order valence-electron chi connectivity index (χ4n) is 1.48. The monoisotopic (exact) mass is 459 g/mol. The topological polar surface area (TPSA) is 36.4 Å². The third-order valence-corrected chi connectivity index (χ3v) is 4.10. The van der Waals surface area contributed by atoms with E-state index in [4.69, 9.17) is 0 Å². The van der Waals surface area contributed by atoms with Crippen molar-refractivity contribution < 1.29 is 0 Å². The molecule has 0 saturated heterocycles. The first-order valence-corrected chi connectivity index (χ1v) is 8.13. The normalized spacial score (nSPS) is 11.0. The molecular weight excluding hydrogens is 437 g/mol. The van der Waals surface area contributed by atoms with Crippen LogP contribution in [0.1, 0.15) is 31.6 Å². The number of nitrogens with zero attached hydrogens (tertiary/aromatic N) is 1. The van der Waals surface area contributed by atoms with Crippen molar-refractivity contribution in [2.75, 3.05) is 19.6 Å². The molecular formula is C13H23BrIN3S. The van der Waals surface area contributed by atoms with Crippen LogP contribution in [-0.2, 0) is 6.42 Å². The van der Waals surface area contributed by atoms with E-state index in [1.54, 1.807) is 11.3 Å². The highest BCUT2D eigenvalue weighted by atomic mass is 127. The van der Waals surface area contributed by atoms with Crippen molar-refractivity contribution in [1.82, 2.24) is 10.6 Å². The zero-order valence-corrected chi connectivity index (χ0v) is 16.3. The van der Waals surface area contributed by atoms with Crippen molar-refractivity contribution in [1.29, 1.82) is 0 Å². The van der Waals surface area contributed by atoms with E-state index in [1.807, 2.05) is 0 Å². The van der Waals surface area contributed by atoms with Gasteiger partial charge in [0.1, 0.15) is 0 Å². The van der Waals surface area contributed by atoms with Gasteiger partial charge in [0.25, 0.3) is 0 Å². The van der Waals surface area contributed by atoms with Gasteiger partial charge in [0.15, 0.2) is 5.96 Å². The summed E-state index contributed by atoms with van der Waals surface area (Å²) in [7, 11) is 0. The van der Waals surface area contributed by atoms with Crippen molar-refractivity contribution in [2.45, 2.75) is 33.1 Å². The number of nitrogens with one attached hydrogen (secondary N) is 2. The molecule has 0 radical (unpaired) electrons. The number of rotatable bonds is 7. The van der Waals surface area contributed by atoms with Crippen molar-refractivity contribution in [3.8, 4) is 0 Å². The van der Waals surface area contributed by atoms with E-state index in [9.17, 15) is 0 Å². The number of hydrogen-bond acceptors (Lipinski definition) is 2. The molecule has 0 bridgehead atoms. The van der Waals surface area contributed by atoms with Crippen LogP contribution in [-0.4, -0.2) is 25.6 Å². The molecule has 0 amide bonds. The van der Waals surface area contributed by atoms with E-state index >= 15 is 0 Å². The standard InChI is InChI=1S/C13H22BrN3S.HI/c1-3-5-9-16-13(15-4-2)17-10-8-11-6-7-12(14)18-11;/h6-7H,3-5,8-10H2,1-2H3,(H2,15,16,17);1H. The average Bonchev–Trinajstić information content (AvgIpc) is 2.75. The molecule has 1 aromatic rings. The van der Waals surface area contributed by atoms with Gasteiger partial charge >= 0.3 is 0 Å². The minimum Gasteiger partial charge on any atom is -0.357 e. The summed E-state index contributed by atoms with van der Waals surface area (Å²) in [4.78, 5) is 5.92. The maximum Gasteiger partial charge on any atom is 0.191 e. The lowest BCUT2D eigenvalue weighted by molar-refractivity contribution is 0.769. The Bertz CT molecular complexity index is 369. The minimum absolute atomic E-state index is 0. The molecule has 3 nitrogen and oxygen atoms in total. The maximum absolute atomic E-state index is 4.53. The van der Waals surface area contributed by atoms with Gasteiger partial charge in [-0.05, 0) is 47.8 Å². The molecule has 19 heavy (non-hydrogen) atoms. The van der Waals surface area contributed by atoms with Gasteiger partial charge < -0.3 is 10.6 Å². The molecule has 0 spiro atoms. The number of hydrogen-bond donors (Lipinski definition) is 2. The quantitative estimate of drug-likeness (QED) is 0.279. The fourth-order valence-corrected chi connectivity index (χ4v) is 2.96. The Morgan fingerprint density at radius 3 is 2.68 bits per heavy atom. The van der Waals surface area contributed by atoms with Crippen LogP contribution in [0.15, 0.2) is 20.9 Å². The van der Waals surface area contributed by atoms with Crippen molar-refractivity contribution >= 4 is 57.2 Å². The van der Waals surface area contributed by atoms with Gasteiger partial charge in [0.2, 0.25) is 0 Å². The van der Waals surface area contributed by atoms with Crippen LogP contribution in [0.4, 0.5) is 0 Å². The highest BCUT2D eigenvalue weighted by Gasteiger charge is 1.99. The smallest absolute Gasteiger partial charge is 0.191 e. The Morgan fingerprint density at radius 2 is 2.11 bits per heavy atom. The van der Waals surface area contributed by atoms with Gasteiger partial charge in [-0.2, -0.15) is 0 Å². The summed E-state index contributed by atoms with van der Waals surface area (Å²) in [6.07, 6.45) is 3.37. The zero-order chi connectivity index (χ0) is 13.2. The Hall–Kier alpha value is 0.180. The molecule has 6 heteroatoms. The largest absolute Gasteiger partial charge is 0.357 e. The molecule has 0 saturated carbocycles. The van der Waals surface area contributed by atoms with Crippen LogP contribution in [0.5, 0.6) is 0 Å². The van der Waals surface area contributed by atoms with Gasteiger partial charge in [0.05, 0.1) is 3.79 Å². The fraction of sp³-hybridized carbons (Fsp3) is 0.615.